The second-order valence-electron chi connectivity index (χ2n) is 5.08. The molecule has 1 unspecified atom stereocenters. The Bertz CT molecular complexity index is 698. The minimum atomic E-state index is 0.206. The first kappa shape index (κ1) is 13.6. The highest BCUT2D eigenvalue weighted by molar-refractivity contribution is 5.31. The molecule has 0 aliphatic heterocycles. The van der Waals surface area contributed by atoms with Crippen molar-refractivity contribution in [3.63, 3.8) is 0 Å². The maximum absolute atomic E-state index is 4.45. The number of rotatable bonds is 5. The number of nitrogens with zero attached hydrogens (tertiary/aromatic N) is 4. The zero-order valence-corrected chi connectivity index (χ0v) is 12.3. The summed E-state index contributed by atoms with van der Waals surface area (Å²) in [6.45, 7) is 0. The summed E-state index contributed by atoms with van der Waals surface area (Å²) in [4.78, 5) is 0. The summed E-state index contributed by atoms with van der Waals surface area (Å²) in [5.41, 5.74) is 3.30. The van der Waals surface area contributed by atoms with Crippen molar-refractivity contribution in [3.8, 4) is 5.69 Å². The van der Waals surface area contributed by atoms with Gasteiger partial charge in [-0.2, -0.15) is 10.2 Å². The van der Waals surface area contributed by atoms with Gasteiger partial charge >= 0.3 is 0 Å². The van der Waals surface area contributed by atoms with Gasteiger partial charge < -0.3 is 5.32 Å². The normalized spacial score (nSPS) is 12.5. The molecule has 0 saturated carbocycles. The van der Waals surface area contributed by atoms with Gasteiger partial charge in [-0.25, -0.2) is 4.68 Å². The molecule has 0 saturated heterocycles. The molecule has 2 heterocycles. The molecule has 0 aliphatic carbocycles. The highest BCUT2D eigenvalue weighted by atomic mass is 15.3. The quantitative estimate of drug-likeness (QED) is 0.779. The third-order valence-corrected chi connectivity index (χ3v) is 3.56. The average Bonchev–Trinajstić information content (AvgIpc) is 3.15. The Kier molecular flexibility index (Phi) is 3.83. The molecule has 0 bridgehead atoms. The molecule has 2 aromatic heterocycles. The predicted octanol–water partition coefficient (Wildman–Crippen LogP) is 2.11. The van der Waals surface area contributed by atoms with E-state index in [1.54, 1.807) is 0 Å². The molecule has 0 fully saturated rings. The van der Waals surface area contributed by atoms with Crippen molar-refractivity contribution < 1.29 is 0 Å². The fourth-order valence-electron chi connectivity index (χ4n) is 2.41. The lowest BCUT2D eigenvalue weighted by molar-refractivity contribution is 0.577. The molecular weight excluding hydrogens is 262 g/mol. The summed E-state index contributed by atoms with van der Waals surface area (Å²) < 4.78 is 3.73. The molecule has 21 heavy (non-hydrogen) atoms. The van der Waals surface area contributed by atoms with Gasteiger partial charge in [-0.05, 0) is 25.2 Å². The van der Waals surface area contributed by atoms with Crippen LogP contribution < -0.4 is 5.32 Å². The molecule has 0 aliphatic rings. The van der Waals surface area contributed by atoms with Gasteiger partial charge in [0.1, 0.15) is 0 Å². The molecular formula is C16H19N5. The van der Waals surface area contributed by atoms with Crippen LogP contribution in [0.1, 0.15) is 17.3 Å². The van der Waals surface area contributed by atoms with Gasteiger partial charge in [0.05, 0.1) is 17.6 Å². The first-order valence-electron chi connectivity index (χ1n) is 7.02. The standard InChI is InChI=1S/C16H19N5/c1-17-16(10-14-8-9-20(2)19-14)13-11-18-21(12-13)15-6-4-3-5-7-15/h3-9,11-12,16-17H,10H2,1-2H3. The van der Waals surface area contributed by atoms with Crippen LogP contribution in [0.25, 0.3) is 5.69 Å². The maximum Gasteiger partial charge on any atom is 0.0645 e. The topological polar surface area (TPSA) is 47.7 Å². The van der Waals surface area contributed by atoms with Crippen molar-refractivity contribution in [1.82, 2.24) is 24.9 Å². The predicted molar refractivity (Wildman–Crippen MR) is 82.3 cm³/mol. The number of benzene rings is 1. The highest BCUT2D eigenvalue weighted by Crippen LogP contribution is 2.18. The van der Waals surface area contributed by atoms with Gasteiger partial charge in [0, 0.05) is 37.5 Å². The van der Waals surface area contributed by atoms with E-state index >= 15 is 0 Å². The van der Waals surface area contributed by atoms with E-state index in [1.807, 2.05) is 72.3 Å². The zero-order chi connectivity index (χ0) is 14.7. The van der Waals surface area contributed by atoms with Gasteiger partial charge in [-0.3, -0.25) is 4.68 Å². The van der Waals surface area contributed by atoms with Crippen molar-refractivity contribution in [2.24, 2.45) is 7.05 Å². The van der Waals surface area contributed by atoms with Crippen LogP contribution in [-0.4, -0.2) is 26.6 Å². The average molecular weight is 281 g/mol. The number of nitrogens with one attached hydrogen (secondary N) is 1. The lowest BCUT2D eigenvalue weighted by Gasteiger charge is -2.12. The number of aryl methyl sites for hydroxylation is 1. The largest absolute Gasteiger partial charge is 0.313 e. The smallest absolute Gasteiger partial charge is 0.0645 e. The molecule has 5 heteroatoms. The summed E-state index contributed by atoms with van der Waals surface area (Å²) in [6.07, 6.45) is 6.80. The number of aromatic nitrogens is 4. The molecule has 5 nitrogen and oxygen atoms in total. The minimum absolute atomic E-state index is 0.206. The van der Waals surface area contributed by atoms with Crippen LogP contribution in [0.2, 0.25) is 0 Å². The van der Waals surface area contributed by atoms with Crippen LogP contribution in [0.15, 0.2) is 55.0 Å². The minimum Gasteiger partial charge on any atom is -0.313 e. The number of hydrogen-bond donors (Lipinski definition) is 1. The third kappa shape index (κ3) is 3.03. The lowest BCUT2D eigenvalue weighted by atomic mass is 10.1. The van der Waals surface area contributed by atoms with Crippen molar-refractivity contribution in [2.45, 2.75) is 12.5 Å². The van der Waals surface area contributed by atoms with Gasteiger partial charge in [0.2, 0.25) is 0 Å². The Balaban J connectivity index is 1.80. The van der Waals surface area contributed by atoms with E-state index in [1.165, 1.54) is 0 Å². The monoisotopic (exact) mass is 281 g/mol. The van der Waals surface area contributed by atoms with Crippen molar-refractivity contribution in [3.05, 3.63) is 66.2 Å². The molecule has 0 amide bonds. The fourth-order valence-corrected chi connectivity index (χ4v) is 2.41. The summed E-state index contributed by atoms with van der Waals surface area (Å²) in [5, 5.41) is 12.2. The van der Waals surface area contributed by atoms with Crippen LogP contribution in [0.4, 0.5) is 0 Å². The van der Waals surface area contributed by atoms with Crippen LogP contribution in [0.3, 0.4) is 0 Å². The van der Waals surface area contributed by atoms with E-state index < -0.39 is 0 Å². The first-order chi connectivity index (χ1) is 10.3. The van der Waals surface area contributed by atoms with E-state index in [2.05, 4.69) is 21.7 Å². The number of likely N-dealkylation sites (N-methyl/N-ethyl adjacent to an activating group) is 1. The third-order valence-electron chi connectivity index (χ3n) is 3.56. The number of hydrogen-bond acceptors (Lipinski definition) is 3. The molecule has 108 valence electrons. The Hall–Kier alpha value is -2.40. The van der Waals surface area contributed by atoms with Gasteiger partial charge in [0.25, 0.3) is 0 Å². The molecule has 1 N–H and O–H groups in total. The Morgan fingerprint density at radius 3 is 2.67 bits per heavy atom. The Morgan fingerprint density at radius 1 is 1.19 bits per heavy atom. The second kappa shape index (κ2) is 5.93. The summed E-state index contributed by atoms with van der Waals surface area (Å²) in [5.74, 6) is 0. The molecule has 1 atom stereocenters. The van der Waals surface area contributed by atoms with Crippen LogP contribution in [-0.2, 0) is 13.5 Å². The van der Waals surface area contributed by atoms with E-state index in [9.17, 15) is 0 Å². The molecule has 3 rings (SSSR count). The molecule has 1 aromatic carbocycles. The zero-order valence-electron chi connectivity index (χ0n) is 12.3. The Labute approximate surface area is 124 Å². The summed E-state index contributed by atoms with van der Waals surface area (Å²) in [7, 11) is 3.90. The summed E-state index contributed by atoms with van der Waals surface area (Å²) >= 11 is 0. The van der Waals surface area contributed by atoms with Gasteiger partial charge in [-0.1, -0.05) is 18.2 Å². The van der Waals surface area contributed by atoms with Gasteiger partial charge in [-0.15, -0.1) is 0 Å². The van der Waals surface area contributed by atoms with Crippen molar-refractivity contribution in [2.75, 3.05) is 7.05 Å². The van der Waals surface area contributed by atoms with Crippen molar-refractivity contribution in [1.29, 1.82) is 0 Å². The molecule has 0 radical (unpaired) electrons. The Morgan fingerprint density at radius 2 is 2.00 bits per heavy atom. The molecule has 0 spiro atoms. The van der Waals surface area contributed by atoms with E-state index in [0.717, 1.165) is 23.4 Å². The maximum atomic E-state index is 4.45. The van der Waals surface area contributed by atoms with Gasteiger partial charge in [0.15, 0.2) is 0 Å². The van der Waals surface area contributed by atoms with E-state index in [0.29, 0.717) is 0 Å². The van der Waals surface area contributed by atoms with E-state index in [-0.39, 0.29) is 6.04 Å². The summed E-state index contributed by atoms with van der Waals surface area (Å²) in [6, 6.07) is 12.4. The lowest BCUT2D eigenvalue weighted by Crippen LogP contribution is -2.18. The highest BCUT2D eigenvalue weighted by Gasteiger charge is 2.14. The fraction of sp³-hybridized carbons (Fsp3) is 0.250. The van der Waals surface area contributed by atoms with Crippen LogP contribution in [0, 0.1) is 0 Å². The van der Waals surface area contributed by atoms with E-state index in [4.69, 9.17) is 0 Å². The first-order valence-corrected chi connectivity index (χ1v) is 7.02. The van der Waals surface area contributed by atoms with Crippen LogP contribution in [0.5, 0.6) is 0 Å². The van der Waals surface area contributed by atoms with Crippen molar-refractivity contribution >= 4 is 0 Å². The molecule has 3 aromatic rings. The van der Waals surface area contributed by atoms with Crippen LogP contribution >= 0.6 is 0 Å². The SMILES string of the molecule is CNC(Cc1ccn(C)n1)c1cnn(-c2ccccc2)c1. The second-order valence-corrected chi connectivity index (χ2v) is 5.08. The number of para-hydroxylation sites is 1.